The van der Waals surface area contributed by atoms with E-state index in [1.165, 1.54) is 0 Å². The molecule has 0 unspecified atom stereocenters. The van der Waals surface area contributed by atoms with Crippen LogP contribution in [0.25, 0.3) is 10.9 Å². The van der Waals surface area contributed by atoms with E-state index in [0.29, 0.717) is 25.9 Å². The van der Waals surface area contributed by atoms with Gasteiger partial charge in [0.05, 0.1) is 7.11 Å². The molecule has 2 aromatic rings. The van der Waals surface area contributed by atoms with Gasteiger partial charge >= 0.3 is 5.97 Å². The number of unbranched alkanes of at least 4 members (excludes halogenated alkanes) is 2. The van der Waals surface area contributed by atoms with Crippen LogP contribution in [0.2, 0.25) is 0 Å². The van der Waals surface area contributed by atoms with E-state index in [9.17, 15) is 9.59 Å². The highest BCUT2D eigenvalue weighted by molar-refractivity contribution is 5.82. The summed E-state index contributed by atoms with van der Waals surface area (Å²) in [5, 5.41) is 12.5. The van der Waals surface area contributed by atoms with E-state index in [1.54, 1.807) is 7.11 Å². The van der Waals surface area contributed by atoms with Crippen LogP contribution in [0.4, 0.5) is 0 Å². The van der Waals surface area contributed by atoms with Gasteiger partial charge in [-0.15, -0.1) is 0 Å². The predicted molar refractivity (Wildman–Crippen MR) is 92.2 cm³/mol. The lowest BCUT2D eigenvalue weighted by atomic mass is 10.2. The molecule has 2 rings (SSSR count). The number of rotatable bonds is 10. The third kappa shape index (κ3) is 5.30. The molecule has 0 aliphatic carbocycles. The molecule has 1 heterocycles. The quantitative estimate of drug-likeness (QED) is 0.656. The van der Waals surface area contributed by atoms with E-state index in [0.717, 1.165) is 29.5 Å². The molecule has 1 aromatic carbocycles. The van der Waals surface area contributed by atoms with Gasteiger partial charge in [-0.1, -0.05) is 6.42 Å². The fourth-order valence-electron chi connectivity index (χ4n) is 2.62. The summed E-state index contributed by atoms with van der Waals surface area (Å²) in [6.45, 7) is 1.22. The van der Waals surface area contributed by atoms with Crippen LogP contribution in [0.15, 0.2) is 30.5 Å². The Kier molecular flexibility index (Phi) is 6.66. The molecule has 0 spiro atoms. The fourth-order valence-corrected chi connectivity index (χ4v) is 2.62. The number of carboxylic acids is 1. The number of aromatic nitrogens is 1. The zero-order valence-corrected chi connectivity index (χ0v) is 14.0. The minimum absolute atomic E-state index is 0.0172. The van der Waals surface area contributed by atoms with E-state index in [4.69, 9.17) is 9.84 Å². The van der Waals surface area contributed by atoms with Gasteiger partial charge in [-0.05, 0) is 37.1 Å². The molecular formula is C18H24N2O4. The fraction of sp³-hybridized carbons (Fsp3) is 0.444. The lowest BCUT2D eigenvalue weighted by molar-refractivity contribution is -0.137. The van der Waals surface area contributed by atoms with Crippen molar-refractivity contribution < 1.29 is 19.4 Å². The van der Waals surface area contributed by atoms with Gasteiger partial charge in [-0.3, -0.25) is 9.59 Å². The van der Waals surface area contributed by atoms with Crippen LogP contribution >= 0.6 is 0 Å². The average molecular weight is 332 g/mol. The molecule has 0 aliphatic rings. The molecule has 1 aromatic heterocycles. The van der Waals surface area contributed by atoms with E-state index < -0.39 is 5.97 Å². The Morgan fingerprint density at radius 2 is 2.00 bits per heavy atom. The molecule has 0 saturated carbocycles. The molecule has 0 saturated heterocycles. The maximum absolute atomic E-state index is 11.9. The molecule has 0 bridgehead atoms. The molecule has 6 heteroatoms. The highest BCUT2D eigenvalue weighted by Gasteiger charge is 2.05. The summed E-state index contributed by atoms with van der Waals surface area (Å²) in [6, 6.07) is 7.89. The molecule has 0 radical (unpaired) electrons. The van der Waals surface area contributed by atoms with E-state index in [2.05, 4.69) is 9.88 Å². The first-order valence-electron chi connectivity index (χ1n) is 8.21. The summed E-state index contributed by atoms with van der Waals surface area (Å²) in [6.07, 6.45) is 4.87. The number of methoxy groups -OCH3 is 1. The Labute approximate surface area is 141 Å². The smallest absolute Gasteiger partial charge is 0.303 e. The predicted octanol–water partition coefficient (Wildman–Crippen LogP) is 2.80. The molecule has 1 amide bonds. The number of amides is 1. The first kappa shape index (κ1) is 17.8. The van der Waals surface area contributed by atoms with Crippen LogP contribution in [-0.2, 0) is 16.1 Å². The summed E-state index contributed by atoms with van der Waals surface area (Å²) in [7, 11) is 1.64. The number of aryl methyl sites for hydroxylation is 1. The van der Waals surface area contributed by atoms with Crippen LogP contribution < -0.4 is 10.1 Å². The number of nitrogens with one attached hydrogen (secondary N) is 1. The van der Waals surface area contributed by atoms with Crippen molar-refractivity contribution in [2.75, 3.05) is 13.7 Å². The third-order valence-electron chi connectivity index (χ3n) is 3.95. The number of benzene rings is 1. The maximum atomic E-state index is 11.9. The van der Waals surface area contributed by atoms with Crippen molar-refractivity contribution in [3.05, 3.63) is 30.5 Å². The second-order valence-electron chi connectivity index (χ2n) is 5.74. The molecule has 130 valence electrons. The van der Waals surface area contributed by atoms with Gasteiger partial charge < -0.3 is 19.7 Å². The zero-order chi connectivity index (χ0) is 17.4. The van der Waals surface area contributed by atoms with E-state index in [-0.39, 0.29) is 12.3 Å². The van der Waals surface area contributed by atoms with Gasteiger partial charge in [-0.2, -0.15) is 0 Å². The molecule has 0 aliphatic heterocycles. The largest absolute Gasteiger partial charge is 0.497 e. The van der Waals surface area contributed by atoms with Gasteiger partial charge in [0.25, 0.3) is 0 Å². The number of carbonyl (C=O) groups is 2. The maximum Gasteiger partial charge on any atom is 0.303 e. The van der Waals surface area contributed by atoms with Crippen molar-refractivity contribution >= 4 is 22.8 Å². The minimum Gasteiger partial charge on any atom is -0.497 e. The monoisotopic (exact) mass is 332 g/mol. The van der Waals surface area contributed by atoms with Gasteiger partial charge in [0.15, 0.2) is 0 Å². The van der Waals surface area contributed by atoms with Crippen LogP contribution in [0.3, 0.4) is 0 Å². The first-order chi connectivity index (χ1) is 11.6. The molecule has 2 N–H and O–H groups in total. The average Bonchev–Trinajstić information content (AvgIpc) is 2.98. The van der Waals surface area contributed by atoms with Crippen LogP contribution in [0.5, 0.6) is 5.75 Å². The summed E-state index contributed by atoms with van der Waals surface area (Å²) in [5.74, 6) is 0.0695. The Morgan fingerprint density at radius 3 is 2.75 bits per heavy atom. The lowest BCUT2D eigenvalue weighted by Gasteiger charge is -2.07. The Morgan fingerprint density at radius 1 is 1.17 bits per heavy atom. The number of carbonyl (C=O) groups excluding carboxylic acids is 1. The number of ether oxygens (including phenoxy) is 1. The van der Waals surface area contributed by atoms with Crippen molar-refractivity contribution in [3.8, 4) is 5.75 Å². The number of carboxylic acid groups (broad SMARTS) is 1. The highest BCUT2D eigenvalue weighted by Crippen LogP contribution is 2.21. The number of fused-ring (bicyclic) bond motifs is 1. The summed E-state index contributed by atoms with van der Waals surface area (Å²) >= 11 is 0. The normalized spacial score (nSPS) is 10.7. The zero-order valence-electron chi connectivity index (χ0n) is 14.0. The Hall–Kier alpha value is -2.50. The van der Waals surface area contributed by atoms with Crippen molar-refractivity contribution in [1.82, 2.24) is 9.88 Å². The van der Waals surface area contributed by atoms with E-state index in [1.807, 2.05) is 30.5 Å². The van der Waals surface area contributed by atoms with Crippen molar-refractivity contribution in [2.45, 2.75) is 38.6 Å². The number of aliphatic carboxylic acids is 1. The van der Waals surface area contributed by atoms with Crippen molar-refractivity contribution in [3.63, 3.8) is 0 Å². The Balaban J connectivity index is 1.71. The van der Waals surface area contributed by atoms with Gasteiger partial charge in [0, 0.05) is 43.0 Å². The molecule has 24 heavy (non-hydrogen) atoms. The van der Waals surface area contributed by atoms with Crippen molar-refractivity contribution in [2.24, 2.45) is 0 Å². The second-order valence-corrected chi connectivity index (χ2v) is 5.74. The van der Waals surface area contributed by atoms with Gasteiger partial charge in [0.2, 0.25) is 5.91 Å². The summed E-state index contributed by atoms with van der Waals surface area (Å²) < 4.78 is 7.27. The standard InChI is InChI=1S/C18H24N2O4/c1-24-15-6-7-16-14(13-15)8-11-20(16)12-9-17(21)19-10-4-2-3-5-18(22)23/h6-8,11,13H,2-5,9-10,12H2,1H3,(H,19,21)(H,22,23). The number of hydrogen-bond acceptors (Lipinski definition) is 3. The molecule has 0 fully saturated rings. The summed E-state index contributed by atoms with van der Waals surface area (Å²) in [4.78, 5) is 22.3. The van der Waals surface area contributed by atoms with E-state index >= 15 is 0 Å². The van der Waals surface area contributed by atoms with Crippen LogP contribution in [0, 0.1) is 0 Å². The highest BCUT2D eigenvalue weighted by atomic mass is 16.5. The molecular weight excluding hydrogens is 308 g/mol. The number of hydrogen-bond donors (Lipinski definition) is 2. The van der Waals surface area contributed by atoms with Gasteiger partial charge in [-0.25, -0.2) is 0 Å². The minimum atomic E-state index is -0.768. The second kappa shape index (κ2) is 8.96. The first-order valence-corrected chi connectivity index (χ1v) is 8.21. The lowest BCUT2D eigenvalue weighted by Crippen LogP contribution is -2.25. The third-order valence-corrected chi connectivity index (χ3v) is 3.95. The SMILES string of the molecule is COc1ccc2c(ccn2CCC(=O)NCCCCCC(=O)O)c1. The van der Waals surface area contributed by atoms with Gasteiger partial charge in [0.1, 0.15) is 5.75 Å². The molecule has 0 atom stereocenters. The number of nitrogens with zero attached hydrogens (tertiary/aromatic N) is 1. The molecule has 6 nitrogen and oxygen atoms in total. The summed E-state index contributed by atoms with van der Waals surface area (Å²) in [5.41, 5.74) is 1.08. The van der Waals surface area contributed by atoms with Crippen LogP contribution in [0.1, 0.15) is 32.1 Å². The Bertz CT molecular complexity index is 693. The van der Waals surface area contributed by atoms with Crippen LogP contribution in [-0.4, -0.2) is 35.2 Å². The van der Waals surface area contributed by atoms with Crippen molar-refractivity contribution in [1.29, 1.82) is 0 Å². The topological polar surface area (TPSA) is 80.6 Å².